The number of carbonyl (C=O) groups is 2. The molecular weight excluding hydrogens is 358 g/mol. The number of amides is 2. The van der Waals surface area contributed by atoms with Gasteiger partial charge in [0, 0.05) is 19.9 Å². The van der Waals surface area contributed by atoms with E-state index in [0.29, 0.717) is 18.7 Å². The van der Waals surface area contributed by atoms with E-state index in [2.05, 4.69) is 10.3 Å². The first-order valence-electron chi connectivity index (χ1n) is 7.73. The maximum absolute atomic E-state index is 12.1. The summed E-state index contributed by atoms with van der Waals surface area (Å²) in [5.74, 6) is -1.53. The van der Waals surface area contributed by atoms with E-state index < -0.39 is 21.8 Å². The first-order valence-corrected chi connectivity index (χ1v) is 9.38. The van der Waals surface area contributed by atoms with Gasteiger partial charge in [-0.25, -0.2) is 13.1 Å². The van der Waals surface area contributed by atoms with Crippen molar-refractivity contribution in [1.29, 1.82) is 0 Å². The van der Waals surface area contributed by atoms with Crippen LogP contribution in [0.3, 0.4) is 0 Å². The van der Waals surface area contributed by atoms with Gasteiger partial charge in [-0.2, -0.15) is 0 Å². The van der Waals surface area contributed by atoms with Gasteiger partial charge in [-0.15, -0.1) is 0 Å². The van der Waals surface area contributed by atoms with Gasteiger partial charge in [-0.3, -0.25) is 14.6 Å². The first kappa shape index (κ1) is 19.5. The molecule has 2 amide bonds. The molecule has 0 saturated carbocycles. The largest absolute Gasteiger partial charge is 0.383 e. The van der Waals surface area contributed by atoms with E-state index in [0.717, 1.165) is 6.20 Å². The molecule has 0 radical (unpaired) electrons. The third-order valence-corrected chi connectivity index (χ3v) is 4.51. The lowest BCUT2D eigenvalue weighted by Gasteiger charge is -2.08. The van der Waals surface area contributed by atoms with Crippen LogP contribution in [0.1, 0.15) is 26.4 Å². The molecule has 0 saturated heterocycles. The number of hydrogen-bond acceptors (Lipinski definition) is 6. The van der Waals surface area contributed by atoms with E-state index >= 15 is 0 Å². The Morgan fingerprint density at radius 1 is 1.08 bits per heavy atom. The molecule has 0 aliphatic heterocycles. The van der Waals surface area contributed by atoms with Crippen LogP contribution in [0.2, 0.25) is 0 Å². The normalized spacial score (nSPS) is 11.0. The number of ether oxygens (including phenoxy) is 1. The van der Waals surface area contributed by atoms with Crippen molar-refractivity contribution < 1.29 is 22.7 Å². The Balaban J connectivity index is 1.98. The van der Waals surface area contributed by atoms with Gasteiger partial charge >= 0.3 is 0 Å². The average Bonchev–Trinajstić information content (AvgIpc) is 2.62. The first-order chi connectivity index (χ1) is 12.4. The Labute approximate surface area is 151 Å². The summed E-state index contributed by atoms with van der Waals surface area (Å²) < 4.78 is 31.0. The Hall–Kier alpha value is -2.78. The highest BCUT2D eigenvalue weighted by atomic mass is 32.2. The molecule has 2 N–H and O–H groups in total. The van der Waals surface area contributed by atoms with Gasteiger partial charge in [0.25, 0.3) is 11.8 Å². The van der Waals surface area contributed by atoms with Crippen molar-refractivity contribution in [1.82, 2.24) is 15.0 Å². The summed E-state index contributed by atoms with van der Waals surface area (Å²) in [6.07, 6.45) is 1.15. The second-order valence-electron chi connectivity index (χ2n) is 5.36. The number of methoxy groups -OCH3 is 1. The molecule has 0 unspecified atom stereocenters. The van der Waals surface area contributed by atoms with Crippen LogP contribution in [-0.4, -0.2) is 45.5 Å². The van der Waals surface area contributed by atoms with E-state index in [4.69, 9.17) is 4.74 Å². The quantitative estimate of drug-likeness (QED) is 0.655. The molecule has 2 rings (SSSR count). The lowest BCUT2D eigenvalue weighted by Crippen LogP contribution is -2.32. The Bertz CT molecular complexity index is 852. The van der Waals surface area contributed by atoms with Crippen LogP contribution in [0, 0.1) is 0 Å². The van der Waals surface area contributed by atoms with Gasteiger partial charge in [0.1, 0.15) is 5.69 Å². The highest BCUT2D eigenvalue weighted by molar-refractivity contribution is 7.89. The van der Waals surface area contributed by atoms with Gasteiger partial charge in [-0.1, -0.05) is 30.3 Å². The Morgan fingerprint density at radius 3 is 2.42 bits per heavy atom. The maximum atomic E-state index is 12.1. The third-order valence-electron chi connectivity index (χ3n) is 3.30. The number of rotatable bonds is 8. The molecular formula is C17H19N3O5S. The van der Waals surface area contributed by atoms with E-state index in [9.17, 15) is 18.0 Å². The maximum Gasteiger partial charge on any atom is 0.269 e. The van der Waals surface area contributed by atoms with E-state index in [1.54, 1.807) is 30.3 Å². The zero-order chi connectivity index (χ0) is 19.0. The summed E-state index contributed by atoms with van der Waals surface area (Å²) in [7, 11) is -2.33. The average molecular weight is 377 g/mol. The molecule has 8 nitrogen and oxygen atoms in total. The van der Waals surface area contributed by atoms with Crippen LogP contribution in [0.15, 0.2) is 48.7 Å². The van der Waals surface area contributed by atoms with Crippen molar-refractivity contribution >= 4 is 21.8 Å². The number of pyridine rings is 1. The molecule has 0 atom stereocenters. The van der Waals surface area contributed by atoms with Crippen LogP contribution in [0.25, 0.3) is 0 Å². The van der Waals surface area contributed by atoms with Crippen molar-refractivity contribution in [2.45, 2.75) is 5.75 Å². The fraction of sp³-hybridized carbons (Fsp3) is 0.235. The van der Waals surface area contributed by atoms with Gasteiger partial charge in [0.15, 0.2) is 0 Å². The molecule has 1 heterocycles. The summed E-state index contributed by atoms with van der Waals surface area (Å²) in [5.41, 5.74) is 0.717. The number of nitrogens with zero attached hydrogens (tertiary/aromatic N) is 1. The number of hydrogen-bond donors (Lipinski definition) is 2. The second-order valence-corrected chi connectivity index (χ2v) is 7.08. The molecule has 0 bridgehead atoms. The van der Waals surface area contributed by atoms with Gasteiger partial charge in [-0.05, 0) is 17.7 Å². The van der Waals surface area contributed by atoms with Gasteiger partial charge in [0.2, 0.25) is 10.0 Å². The predicted molar refractivity (Wildman–Crippen MR) is 95.0 cm³/mol. The fourth-order valence-electron chi connectivity index (χ4n) is 2.05. The van der Waals surface area contributed by atoms with Crippen molar-refractivity contribution in [3.8, 4) is 0 Å². The molecule has 1 aromatic carbocycles. The number of sulfonamides is 1. The topological polar surface area (TPSA) is 114 Å². The van der Waals surface area contributed by atoms with Crippen molar-refractivity contribution in [3.05, 3.63) is 65.5 Å². The number of benzene rings is 1. The van der Waals surface area contributed by atoms with Crippen molar-refractivity contribution in [2.24, 2.45) is 0 Å². The summed E-state index contributed by atoms with van der Waals surface area (Å²) in [4.78, 5) is 27.8. The molecule has 2 aromatic rings. The van der Waals surface area contributed by atoms with Crippen LogP contribution in [-0.2, 0) is 20.5 Å². The standard InChI is InChI=1S/C17H19N3O5S/c1-25-10-9-18-17(22)15-8-7-14(11-19-15)16(21)20-26(23,24)12-13-5-3-2-4-6-13/h2-8,11H,9-10,12H2,1H3,(H,18,22)(H,20,21). The van der Waals surface area contributed by atoms with E-state index in [1.165, 1.54) is 19.2 Å². The predicted octanol–water partition coefficient (Wildman–Crippen LogP) is 0.718. The molecule has 1 aromatic heterocycles. The van der Waals surface area contributed by atoms with Crippen LogP contribution in [0.4, 0.5) is 0 Å². The minimum absolute atomic E-state index is 0.0371. The van der Waals surface area contributed by atoms with E-state index in [1.807, 2.05) is 4.72 Å². The molecule has 138 valence electrons. The van der Waals surface area contributed by atoms with Crippen LogP contribution >= 0.6 is 0 Å². The minimum Gasteiger partial charge on any atom is -0.383 e. The van der Waals surface area contributed by atoms with Gasteiger partial charge < -0.3 is 10.1 Å². The molecule has 0 spiro atoms. The monoisotopic (exact) mass is 377 g/mol. The summed E-state index contributed by atoms with van der Waals surface area (Å²) in [6.45, 7) is 0.697. The van der Waals surface area contributed by atoms with Crippen LogP contribution < -0.4 is 10.0 Å². The number of nitrogens with one attached hydrogen (secondary N) is 2. The second kappa shape index (κ2) is 9.07. The molecule has 9 heteroatoms. The number of carbonyl (C=O) groups excluding carboxylic acids is 2. The summed E-state index contributed by atoms with van der Waals surface area (Å²) in [6, 6.07) is 11.2. The SMILES string of the molecule is COCCNC(=O)c1ccc(C(=O)NS(=O)(=O)Cc2ccccc2)cn1. The third kappa shape index (κ3) is 5.94. The Morgan fingerprint density at radius 2 is 1.81 bits per heavy atom. The minimum atomic E-state index is -3.84. The van der Waals surface area contributed by atoms with Gasteiger partial charge in [0.05, 0.1) is 17.9 Å². The summed E-state index contributed by atoms with van der Waals surface area (Å²) in [5, 5.41) is 2.59. The molecule has 0 aliphatic rings. The molecule has 0 fully saturated rings. The fourth-order valence-corrected chi connectivity index (χ4v) is 3.15. The van der Waals surface area contributed by atoms with Crippen LogP contribution in [0.5, 0.6) is 0 Å². The lowest BCUT2D eigenvalue weighted by atomic mass is 10.2. The summed E-state index contributed by atoms with van der Waals surface area (Å²) >= 11 is 0. The van der Waals surface area contributed by atoms with E-state index in [-0.39, 0.29) is 17.0 Å². The van der Waals surface area contributed by atoms with Crippen molar-refractivity contribution in [3.63, 3.8) is 0 Å². The Kier molecular flexibility index (Phi) is 6.81. The number of aromatic nitrogens is 1. The molecule has 0 aliphatic carbocycles. The smallest absolute Gasteiger partial charge is 0.269 e. The zero-order valence-corrected chi connectivity index (χ0v) is 15.0. The van der Waals surface area contributed by atoms with Crippen molar-refractivity contribution in [2.75, 3.05) is 20.3 Å². The lowest BCUT2D eigenvalue weighted by molar-refractivity contribution is 0.0929. The highest BCUT2D eigenvalue weighted by Crippen LogP contribution is 2.06. The molecule has 26 heavy (non-hydrogen) atoms. The zero-order valence-electron chi connectivity index (χ0n) is 14.1. The highest BCUT2D eigenvalue weighted by Gasteiger charge is 2.17.